The summed E-state index contributed by atoms with van der Waals surface area (Å²) in [5, 5.41) is 0. The van der Waals surface area contributed by atoms with Crippen LogP contribution in [0.5, 0.6) is 0 Å². The van der Waals surface area contributed by atoms with Crippen molar-refractivity contribution in [1.82, 2.24) is 11.6 Å². The molecule has 0 rings (SSSR count). The van der Waals surface area contributed by atoms with Crippen molar-refractivity contribution in [2.24, 2.45) is 0 Å². The fourth-order valence-corrected chi connectivity index (χ4v) is 7.20. The van der Waals surface area contributed by atoms with Crippen LogP contribution in [0.1, 0.15) is 0 Å². The van der Waals surface area contributed by atoms with E-state index in [0.29, 0.717) is 0 Å². The molecular formula is C6H19GeN3. The van der Waals surface area contributed by atoms with Gasteiger partial charge in [0, 0.05) is 0 Å². The summed E-state index contributed by atoms with van der Waals surface area (Å²) in [4.78, 5) is 0. The SMILES string of the molecule is C[N](C)[GeH]([N](C)C)[N](C)C. The van der Waals surface area contributed by atoms with Gasteiger partial charge in [0.15, 0.2) is 0 Å². The maximum atomic E-state index is 2.35. The van der Waals surface area contributed by atoms with Gasteiger partial charge in [0.1, 0.15) is 0 Å². The molecule has 0 aromatic rings. The van der Waals surface area contributed by atoms with E-state index in [2.05, 4.69) is 53.9 Å². The Bertz CT molecular complexity index is 74.0. The molecule has 62 valence electrons. The van der Waals surface area contributed by atoms with Crippen molar-refractivity contribution in [2.45, 2.75) is 0 Å². The van der Waals surface area contributed by atoms with Crippen LogP contribution < -0.4 is 0 Å². The van der Waals surface area contributed by atoms with Crippen LogP contribution in [-0.4, -0.2) is 68.9 Å². The quantitative estimate of drug-likeness (QED) is 0.570. The van der Waals surface area contributed by atoms with Gasteiger partial charge in [-0.25, -0.2) is 0 Å². The molecular weight excluding hydrogens is 187 g/mol. The van der Waals surface area contributed by atoms with Crippen molar-refractivity contribution in [3.63, 3.8) is 0 Å². The summed E-state index contributed by atoms with van der Waals surface area (Å²) in [7, 11) is 12.9. The molecule has 4 heteroatoms. The average molecular weight is 206 g/mol. The van der Waals surface area contributed by atoms with Crippen LogP contribution in [0.4, 0.5) is 0 Å². The second-order valence-electron chi connectivity index (χ2n) is 3.24. The first kappa shape index (κ1) is 10.4. The van der Waals surface area contributed by atoms with Crippen LogP contribution in [0.15, 0.2) is 0 Å². The molecule has 0 aliphatic heterocycles. The number of nitrogens with zero attached hydrogens (tertiary/aromatic N) is 3. The summed E-state index contributed by atoms with van der Waals surface area (Å²) in [5.41, 5.74) is 0. The van der Waals surface area contributed by atoms with Gasteiger partial charge in [-0.1, -0.05) is 0 Å². The fourth-order valence-electron chi connectivity index (χ4n) is 1.39. The molecule has 0 spiro atoms. The molecule has 0 saturated heterocycles. The molecule has 0 aromatic heterocycles. The summed E-state index contributed by atoms with van der Waals surface area (Å²) in [6, 6.07) is 0. The van der Waals surface area contributed by atoms with E-state index in [0.717, 1.165) is 0 Å². The summed E-state index contributed by atoms with van der Waals surface area (Å²) in [6.45, 7) is 0. The van der Waals surface area contributed by atoms with Gasteiger partial charge in [-0.3, -0.25) is 0 Å². The van der Waals surface area contributed by atoms with Gasteiger partial charge < -0.3 is 0 Å². The minimum atomic E-state index is -1.42. The number of hydrogen-bond acceptors (Lipinski definition) is 3. The molecule has 0 bridgehead atoms. The zero-order valence-electron chi connectivity index (χ0n) is 7.92. The fraction of sp³-hybridized carbons (Fsp3) is 1.00. The van der Waals surface area contributed by atoms with Gasteiger partial charge in [0.05, 0.1) is 0 Å². The predicted octanol–water partition coefficient (Wildman–Crippen LogP) is -0.612. The Balaban J connectivity index is 3.98. The Hall–Kier alpha value is 0.423. The zero-order valence-corrected chi connectivity index (χ0v) is 10.3. The molecule has 0 saturated carbocycles. The Morgan fingerprint density at radius 3 is 0.800 bits per heavy atom. The van der Waals surface area contributed by atoms with Crippen LogP contribution >= 0.6 is 0 Å². The molecule has 3 nitrogen and oxygen atoms in total. The topological polar surface area (TPSA) is 9.72 Å². The zero-order chi connectivity index (χ0) is 8.31. The van der Waals surface area contributed by atoms with Crippen molar-refractivity contribution >= 4 is 15.0 Å². The van der Waals surface area contributed by atoms with Gasteiger partial charge in [-0.2, -0.15) is 0 Å². The Morgan fingerprint density at radius 2 is 0.800 bits per heavy atom. The maximum absolute atomic E-state index is 2.35. The van der Waals surface area contributed by atoms with Crippen LogP contribution in [0.2, 0.25) is 0 Å². The molecule has 10 heavy (non-hydrogen) atoms. The second-order valence-corrected chi connectivity index (χ2v) is 11.2. The van der Waals surface area contributed by atoms with E-state index in [9.17, 15) is 0 Å². The molecule has 0 aromatic carbocycles. The van der Waals surface area contributed by atoms with Crippen LogP contribution in [-0.2, 0) is 0 Å². The number of hydrogen-bond donors (Lipinski definition) is 0. The first-order chi connectivity index (χ1) is 4.46. The van der Waals surface area contributed by atoms with Crippen molar-refractivity contribution in [3.05, 3.63) is 0 Å². The van der Waals surface area contributed by atoms with E-state index < -0.39 is 15.0 Å². The van der Waals surface area contributed by atoms with Crippen LogP contribution in [0.3, 0.4) is 0 Å². The van der Waals surface area contributed by atoms with Crippen molar-refractivity contribution < 1.29 is 0 Å². The third-order valence-electron chi connectivity index (χ3n) is 1.39. The Labute approximate surface area is 69.4 Å². The summed E-state index contributed by atoms with van der Waals surface area (Å²) >= 11 is -1.42. The molecule has 0 unspecified atom stereocenters. The third-order valence-corrected chi connectivity index (χ3v) is 7.20. The van der Waals surface area contributed by atoms with Gasteiger partial charge in [-0.15, -0.1) is 0 Å². The van der Waals surface area contributed by atoms with Crippen molar-refractivity contribution in [2.75, 3.05) is 42.3 Å². The first-order valence-electron chi connectivity index (χ1n) is 3.46. The molecule has 0 radical (unpaired) electrons. The van der Waals surface area contributed by atoms with Gasteiger partial charge >= 0.3 is 68.9 Å². The Morgan fingerprint density at radius 1 is 0.600 bits per heavy atom. The van der Waals surface area contributed by atoms with Gasteiger partial charge in [0.2, 0.25) is 0 Å². The third kappa shape index (κ3) is 3.01. The monoisotopic (exact) mass is 207 g/mol. The molecule has 0 amide bonds. The normalized spacial score (nSPS) is 12.6. The summed E-state index contributed by atoms with van der Waals surface area (Å²) in [6.07, 6.45) is 0. The van der Waals surface area contributed by atoms with Crippen molar-refractivity contribution in [3.8, 4) is 0 Å². The molecule has 0 heterocycles. The van der Waals surface area contributed by atoms with E-state index in [-0.39, 0.29) is 0 Å². The second kappa shape index (κ2) is 4.33. The van der Waals surface area contributed by atoms with E-state index in [4.69, 9.17) is 0 Å². The van der Waals surface area contributed by atoms with Crippen LogP contribution in [0, 0.1) is 0 Å². The summed E-state index contributed by atoms with van der Waals surface area (Å²) in [5.74, 6) is 0. The van der Waals surface area contributed by atoms with E-state index in [1.54, 1.807) is 0 Å². The Kier molecular flexibility index (Phi) is 4.51. The molecule has 0 atom stereocenters. The van der Waals surface area contributed by atoms with Crippen LogP contribution in [0.25, 0.3) is 0 Å². The van der Waals surface area contributed by atoms with Gasteiger partial charge in [0.25, 0.3) is 0 Å². The molecule has 0 fully saturated rings. The first-order valence-corrected chi connectivity index (χ1v) is 6.71. The average Bonchev–Trinajstić information content (AvgIpc) is 1.59. The molecule has 0 aliphatic carbocycles. The molecule has 0 N–H and O–H groups in total. The number of rotatable bonds is 3. The summed E-state index contributed by atoms with van der Waals surface area (Å²) < 4.78 is 7.06. The van der Waals surface area contributed by atoms with Crippen molar-refractivity contribution in [1.29, 1.82) is 0 Å². The van der Waals surface area contributed by atoms with E-state index in [1.807, 2.05) is 0 Å². The minimum absolute atomic E-state index is 1.42. The van der Waals surface area contributed by atoms with E-state index in [1.165, 1.54) is 0 Å². The molecule has 0 aliphatic rings. The predicted molar refractivity (Wildman–Crippen MR) is 48.2 cm³/mol. The standard InChI is InChI=1S/C6H19GeN3/c1-8(2)7(9(3)4)10(5)6/h7H,1-6H3. The van der Waals surface area contributed by atoms with E-state index >= 15 is 0 Å². The van der Waals surface area contributed by atoms with Gasteiger partial charge in [-0.05, 0) is 0 Å².